The molecular formula is C17H27NO7S2. The maximum atomic E-state index is 11.8. The maximum Gasteiger partial charge on any atom is 0.407 e. The van der Waals surface area contributed by atoms with E-state index >= 15 is 0 Å². The fourth-order valence-electron chi connectivity index (χ4n) is 2.07. The molecule has 0 saturated heterocycles. The van der Waals surface area contributed by atoms with Gasteiger partial charge in [0.25, 0.3) is 10.1 Å². The van der Waals surface area contributed by atoms with Gasteiger partial charge in [-0.05, 0) is 52.7 Å². The summed E-state index contributed by atoms with van der Waals surface area (Å²) in [5.41, 5.74) is -0.655. The lowest BCUT2D eigenvalue weighted by atomic mass is 10.2. The van der Waals surface area contributed by atoms with Gasteiger partial charge in [-0.1, -0.05) is 0 Å². The maximum absolute atomic E-state index is 11.8. The molecule has 0 aromatic carbocycles. The highest BCUT2D eigenvalue weighted by atomic mass is 32.2. The minimum atomic E-state index is -3.69. The molecule has 0 bridgehead atoms. The van der Waals surface area contributed by atoms with Crippen LogP contribution in [0.25, 0.3) is 0 Å². The molecule has 0 fully saturated rings. The molecule has 0 aliphatic heterocycles. The van der Waals surface area contributed by atoms with Gasteiger partial charge in [0.2, 0.25) is 0 Å². The number of esters is 1. The van der Waals surface area contributed by atoms with Crippen molar-refractivity contribution >= 4 is 33.5 Å². The van der Waals surface area contributed by atoms with Gasteiger partial charge in [0.05, 0.1) is 19.0 Å². The lowest BCUT2D eigenvalue weighted by Gasteiger charge is -2.21. The number of carbonyl (C=O) groups is 2. The number of carbonyl (C=O) groups excluding carboxylic acids is 2. The summed E-state index contributed by atoms with van der Waals surface area (Å²) in [5, 5.41) is 2.52. The summed E-state index contributed by atoms with van der Waals surface area (Å²) in [5.74, 6) is -0.385. The zero-order chi connectivity index (χ0) is 20.7. The topological polar surface area (TPSA) is 108 Å². The minimum absolute atomic E-state index is 0.0158. The summed E-state index contributed by atoms with van der Waals surface area (Å²) in [6.45, 7) is 7.21. The molecule has 1 rings (SSSR count). The Balaban J connectivity index is 2.64. The van der Waals surface area contributed by atoms with Crippen LogP contribution in [0.4, 0.5) is 4.79 Å². The van der Waals surface area contributed by atoms with Gasteiger partial charge in [0.1, 0.15) is 10.5 Å². The van der Waals surface area contributed by atoms with E-state index in [1.807, 2.05) is 0 Å². The standard InChI is InChI=1S/C17H27NO7S2/c1-6-23-15(19)14-10-9-13(26-14)8-7-12(25-27(5,21)22)11-18-16(20)24-17(2,3)4/h9-10,12H,6-8,11H2,1-5H3,(H,18,20)/t12-/m0/s1. The largest absolute Gasteiger partial charge is 0.462 e. The van der Waals surface area contributed by atoms with Gasteiger partial charge in [-0.2, -0.15) is 8.42 Å². The van der Waals surface area contributed by atoms with Crippen LogP contribution in [0.15, 0.2) is 12.1 Å². The Morgan fingerprint density at radius 2 is 1.93 bits per heavy atom. The van der Waals surface area contributed by atoms with Crippen LogP contribution in [-0.4, -0.2) is 51.6 Å². The highest BCUT2D eigenvalue weighted by Crippen LogP contribution is 2.20. The first kappa shape index (κ1) is 23.4. The molecule has 0 radical (unpaired) electrons. The van der Waals surface area contributed by atoms with Gasteiger partial charge >= 0.3 is 12.1 Å². The van der Waals surface area contributed by atoms with Crippen molar-refractivity contribution in [1.29, 1.82) is 0 Å². The molecule has 1 aromatic rings. The zero-order valence-corrected chi connectivity index (χ0v) is 17.9. The number of nitrogens with one attached hydrogen (secondary N) is 1. The van der Waals surface area contributed by atoms with Crippen molar-refractivity contribution in [2.45, 2.75) is 52.2 Å². The second-order valence-corrected chi connectivity index (χ2v) is 9.60. The third-order valence-corrected chi connectivity index (χ3v) is 4.78. The molecule has 27 heavy (non-hydrogen) atoms. The molecule has 0 aliphatic carbocycles. The van der Waals surface area contributed by atoms with Gasteiger partial charge < -0.3 is 14.8 Å². The summed E-state index contributed by atoms with van der Waals surface area (Å²) in [4.78, 5) is 24.8. The third kappa shape index (κ3) is 10.3. The molecular weight excluding hydrogens is 394 g/mol. The van der Waals surface area contributed by atoms with Crippen LogP contribution in [0.2, 0.25) is 0 Å². The number of hydrogen-bond donors (Lipinski definition) is 1. The quantitative estimate of drug-likeness (QED) is 0.482. The normalized spacial score (nSPS) is 13.1. The Morgan fingerprint density at radius 1 is 1.26 bits per heavy atom. The second-order valence-electron chi connectivity index (χ2n) is 6.83. The van der Waals surface area contributed by atoms with Crippen LogP contribution in [0.3, 0.4) is 0 Å². The molecule has 1 N–H and O–H groups in total. The van der Waals surface area contributed by atoms with E-state index in [1.165, 1.54) is 11.3 Å². The Morgan fingerprint density at radius 3 is 2.48 bits per heavy atom. The van der Waals surface area contributed by atoms with E-state index in [4.69, 9.17) is 13.7 Å². The van der Waals surface area contributed by atoms with Gasteiger partial charge in [0.15, 0.2) is 0 Å². The summed E-state index contributed by atoms with van der Waals surface area (Å²) >= 11 is 1.28. The van der Waals surface area contributed by atoms with Crippen molar-refractivity contribution in [2.24, 2.45) is 0 Å². The molecule has 1 aromatic heterocycles. The third-order valence-electron chi connectivity index (χ3n) is 3.03. The first-order valence-corrected chi connectivity index (χ1v) is 11.1. The van der Waals surface area contributed by atoms with Crippen molar-refractivity contribution in [1.82, 2.24) is 5.32 Å². The molecule has 1 heterocycles. The van der Waals surface area contributed by atoms with Crippen LogP contribution in [-0.2, 0) is 30.2 Å². The van der Waals surface area contributed by atoms with Crippen LogP contribution < -0.4 is 5.32 Å². The number of amides is 1. The molecule has 1 atom stereocenters. The predicted molar refractivity (Wildman–Crippen MR) is 103 cm³/mol. The SMILES string of the molecule is CCOC(=O)c1ccc(CC[C@@H](CNC(=O)OC(C)(C)C)OS(C)(=O)=O)s1. The first-order valence-electron chi connectivity index (χ1n) is 8.50. The summed E-state index contributed by atoms with van der Waals surface area (Å²) in [7, 11) is -3.69. The van der Waals surface area contributed by atoms with Crippen LogP contribution in [0.1, 0.15) is 48.7 Å². The van der Waals surface area contributed by atoms with Crippen LogP contribution >= 0.6 is 11.3 Å². The van der Waals surface area contributed by atoms with Gasteiger partial charge in [0, 0.05) is 11.4 Å². The summed E-state index contributed by atoms with van der Waals surface area (Å²) in [6, 6.07) is 3.46. The predicted octanol–water partition coefficient (Wildman–Crippen LogP) is 2.73. The van der Waals surface area contributed by atoms with Crippen molar-refractivity contribution in [2.75, 3.05) is 19.4 Å². The Kier molecular flexibility index (Phi) is 8.70. The molecule has 8 nitrogen and oxygen atoms in total. The summed E-state index contributed by atoms with van der Waals surface area (Å²) < 4.78 is 38.1. The number of alkyl carbamates (subject to hydrolysis) is 1. The zero-order valence-electron chi connectivity index (χ0n) is 16.2. The lowest BCUT2D eigenvalue weighted by molar-refractivity contribution is 0.0497. The first-order chi connectivity index (χ1) is 12.4. The van der Waals surface area contributed by atoms with Crippen molar-refractivity contribution in [3.8, 4) is 0 Å². The van der Waals surface area contributed by atoms with E-state index in [0.717, 1.165) is 11.1 Å². The average Bonchev–Trinajstić information content (AvgIpc) is 2.96. The molecule has 154 valence electrons. The second kappa shape index (κ2) is 10.0. The number of thiophene rings is 1. The highest BCUT2D eigenvalue weighted by molar-refractivity contribution is 7.86. The molecule has 0 spiro atoms. The molecule has 0 unspecified atom stereocenters. The monoisotopic (exact) mass is 421 g/mol. The molecule has 0 aliphatic rings. The number of ether oxygens (including phenoxy) is 2. The van der Waals surface area contributed by atoms with Crippen molar-refractivity contribution < 1.29 is 31.7 Å². The molecule has 10 heteroatoms. The number of hydrogen-bond acceptors (Lipinski definition) is 8. The highest BCUT2D eigenvalue weighted by Gasteiger charge is 2.21. The summed E-state index contributed by atoms with van der Waals surface area (Å²) in [6.07, 6.45) is 0.384. The lowest BCUT2D eigenvalue weighted by Crippen LogP contribution is -2.38. The van der Waals surface area contributed by atoms with E-state index < -0.39 is 27.9 Å². The number of aryl methyl sites for hydroxylation is 1. The van der Waals surface area contributed by atoms with E-state index in [0.29, 0.717) is 24.3 Å². The Hall–Kier alpha value is -1.65. The average molecular weight is 422 g/mol. The fourth-order valence-corrected chi connectivity index (χ4v) is 3.65. The van der Waals surface area contributed by atoms with E-state index in [2.05, 4.69) is 5.32 Å². The van der Waals surface area contributed by atoms with Crippen molar-refractivity contribution in [3.63, 3.8) is 0 Å². The van der Waals surface area contributed by atoms with Gasteiger partial charge in [-0.25, -0.2) is 9.59 Å². The van der Waals surface area contributed by atoms with E-state index in [9.17, 15) is 18.0 Å². The van der Waals surface area contributed by atoms with E-state index in [-0.39, 0.29) is 12.5 Å². The Bertz CT molecular complexity index is 735. The fraction of sp³-hybridized carbons (Fsp3) is 0.647. The van der Waals surface area contributed by atoms with Gasteiger partial charge in [-0.15, -0.1) is 11.3 Å². The van der Waals surface area contributed by atoms with Crippen molar-refractivity contribution in [3.05, 3.63) is 21.9 Å². The van der Waals surface area contributed by atoms with E-state index in [1.54, 1.807) is 39.8 Å². The molecule has 1 amide bonds. The van der Waals surface area contributed by atoms with Crippen LogP contribution in [0.5, 0.6) is 0 Å². The minimum Gasteiger partial charge on any atom is -0.462 e. The molecule has 0 saturated carbocycles. The van der Waals surface area contributed by atoms with Crippen LogP contribution in [0, 0.1) is 0 Å². The smallest absolute Gasteiger partial charge is 0.407 e. The van der Waals surface area contributed by atoms with Gasteiger partial charge in [-0.3, -0.25) is 4.18 Å². The Labute approximate surface area is 164 Å². The number of rotatable bonds is 9.